The molecule has 3 heterocycles. The van der Waals surface area contributed by atoms with E-state index in [0.717, 1.165) is 23.8 Å². The van der Waals surface area contributed by atoms with Gasteiger partial charge in [-0.15, -0.1) is 26.2 Å². The molecule has 0 aliphatic heterocycles. The molecule has 0 bridgehead atoms. The van der Waals surface area contributed by atoms with Gasteiger partial charge in [-0.25, -0.2) is 4.98 Å². The molecule has 0 N–H and O–H groups in total. The molecule has 0 unspecified atom stereocenters. The van der Waals surface area contributed by atoms with Crippen LogP contribution in [0, 0.1) is 0 Å². The number of fused-ring (bicyclic) bond motifs is 1. The average molecular weight is 261 g/mol. The molecule has 0 aliphatic rings. The summed E-state index contributed by atoms with van der Waals surface area (Å²) in [7, 11) is 1.99. The second-order valence-electron chi connectivity index (χ2n) is 3.82. The Morgan fingerprint density at radius 1 is 1.39 bits per heavy atom. The minimum absolute atomic E-state index is 0.645. The number of aromatic nitrogens is 6. The number of hydrogen-bond donors (Lipinski definition) is 0. The molecule has 18 heavy (non-hydrogen) atoms. The maximum absolute atomic E-state index is 4.32. The van der Waals surface area contributed by atoms with Gasteiger partial charge in [0.25, 0.3) is 0 Å². The van der Waals surface area contributed by atoms with Gasteiger partial charge in [-0.05, 0) is 22.6 Å². The minimum Gasteiger partial charge on any atom is -0.358 e. The van der Waals surface area contributed by atoms with Crippen LogP contribution in [0.3, 0.4) is 0 Å². The number of anilines is 1. The molecule has 92 valence electrons. The number of likely N-dealkylation sites (N-methyl/N-ethyl adjacent to an activating group) is 1. The summed E-state index contributed by atoms with van der Waals surface area (Å²) < 4.78 is 1.43. The highest BCUT2D eigenvalue weighted by molar-refractivity contribution is 7.09. The van der Waals surface area contributed by atoms with E-state index in [1.807, 2.05) is 30.8 Å². The van der Waals surface area contributed by atoms with E-state index in [0.29, 0.717) is 5.65 Å². The molecule has 0 spiro atoms. The van der Waals surface area contributed by atoms with Crippen molar-refractivity contribution in [1.82, 2.24) is 30.2 Å². The molecule has 0 aliphatic carbocycles. The summed E-state index contributed by atoms with van der Waals surface area (Å²) in [6.07, 6.45) is 2.73. The summed E-state index contributed by atoms with van der Waals surface area (Å²) >= 11 is 1.67. The van der Waals surface area contributed by atoms with E-state index in [1.165, 1.54) is 4.63 Å². The summed E-state index contributed by atoms with van der Waals surface area (Å²) in [5, 5.41) is 18.6. The van der Waals surface area contributed by atoms with Crippen LogP contribution in [0.2, 0.25) is 0 Å². The lowest BCUT2D eigenvalue weighted by Gasteiger charge is -2.16. The third-order valence-corrected chi connectivity index (χ3v) is 3.43. The lowest BCUT2D eigenvalue weighted by molar-refractivity contribution is 0.719. The maximum Gasteiger partial charge on any atom is 0.200 e. The van der Waals surface area contributed by atoms with Gasteiger partial charge in [0.2, 0.25) is 0 Å². The Morgan fingerprint density at radius 3 is 3.17 bits per heavy atom. The van der Waals surface area contributed by atoms with Crippen molar-refractivity contribution in [2.75, 3.05) is 18.5 Å². The molecule has 0 fully saturated rings. The molecule has 0 saturated carbocycles. The maximum atomic E-state index is 4.32. The van der Waals surface area contributed by atoms with Gasteiger partial charge in [0, 0.05) is 31.6 Å². The van der Waals surface area contributed by atoms with Crippen LogP contribution in [0.15, 0.2) is 23.7 Å². The standard InChI is InChI=1S/C10H11N7S/c1-16(6-4-10-11-5-7-18-10)9-3-2-8-12-14-15-17(8)13-9/h2-3,5,7H,4,6H2,1H3. The first-order valence-corrected chi connectivity index (χ1v) is 6.36. The van der Waals surface area contributed by atoms with E-state index in [9.17, 15) is 0 Å². The Hall–Kier alpha value is -2.09. The van der Waals surface area contributed by atoms with Gasteiger partial charge in [0.05, 0.1) is 5.01 Å². The molecule has 0 saturated heterocycles. The van der Waals surface area contributed by atoms with Crippen LogP contribution < -0.4 is 4.90 Å². The van der Waals surface area contributed by atoms with Gasteiger partial charge in [-0.2, -0.15) is 0 Å². The molecule has 7 nitrogen and oxygen atoms in total. The van der Waals surface area contributed by atoms with Crippen LogP contribution in [-0.2, 0) is 6.42 Å². The van der Waals surface area contributed by atoms with E-state index < -0.39 is 0 Å². The van der Waals surface area contributed by atoms with Gasteiger partial charge in [-0.3, -0.25) is 0 Å². The van der Waals surface area contributed by atoms with Crippen molar-refractivity contribution in [3.8, 4) is 0 Å². The fourth-order valence-corrected chi connectivity index (χ4v) is 2.21. The van der Waals surface area contributed by atoms with Crippen LogP contribution in [0.1, 0.15) is 5.01 Å². The van der Waals surface area contributed by atoms with Crippen molar-refractivity contribution < 1.29 is 0 Å². The van der Waals surface area contributed by atoms with Crippen LogP contribution in [0.25, 0.3) is 5.65 Å². The molecule has 3 aromatic rings. The summed E-state index contributed by atoms with van der Waals surface area (Å²) in [6, 6.07) is 3.76. The fourth-order valence-electron chi connectivity index (χ4n) is 1.60. The highest BCUT2D eigenvalue weighted by Gasteiger charge is 2.06. The molecule has 3 aromatic heterocycles. The van der Waals surface area contributed by atoms with Crippen molar-refractivity contribution in [2.45, 2.75) is 6.42 Å². The van der Waals surface area contributed by atoms with Crippen molar-refractivity contribution in [1.29, 1.82) is 0 Å². The van der Waals surface area contributed by atoms with Crippen molar-refractivity contribution in [3.05, 3.63) is 28.7 Å². The molecule has 0 amide bonds. The molecular weight excluding hydrogens is 250 g/mol. The number of tetrazole rings is 1. The SMILES string of the molecule is CN(CCc1nccs1)c1ccc2nnnn2n1. The topological polar surface area (TPSA) is 72.1 Å². The van der Waals surface area contributed by atoms with Crippen molar-refractivity contribution in [2.24, 2.45) is 0 Å². The second-order valence-corrected chi connectivity index (χ2v) is 4.79. The summed E-state index contributed by atoms with van der Waals surface area (Å²) in [4.78, 5) is 6.32. The quantitative estimate of drug-likeness (QED) is 0.687. The van der Waals surface area contributed by atoms with E-state index >= 15 is 0 Å². The van der Waals surface area contributed by atoms with Gasteiger partial charge < -0.3 is 4.90 Å². The number of nitrogens with zero attached hydrogens (tertiary/aromatic N) is 7. The van der Waals surface area contributed by atoms with E-state index in [4.69, 9.17) is 0 Å². The third-order valence-electron chi connectivity index (χ3n) is 2.59. The largest absolute Gasteiger partial charge is 0.358 e. The molecule has 0 atom stereocenters. The smallest absolute Gasteiger partial charge is 0.200 e. The Labute approximate surface area is 107 Å². The highest BCUT2D eigenvalue weighted by Crippen LogP contribution is 2.11. The predicted octanol–water partition coefficient (Wildman–Crippen LogP) is 0.655. The lowest BCUT2D eigenvalue weighted by atomic mass is 10.4. The average Bonchev–Trinajstić information content (AvgIpc) is 3.05. The molecule has 0 radical (unpaired) electrons. The van der Waals surface area contributed by atoms with Crippen LogP contribution in [-0.4, -0.2) is 43.8 Å². The fraction of sp³-hybridized carbons (Fsp3) is 0.300. The third kappa shape index (κ3) is 2.14. The van der Waals surface area contributed by atoms with Crippen LogP contribution >= 0.6 is 11.3 Å². The minimum atomic E-state index is 0.645. The summed E-state index contributed by atoms with van der Waals surface area (Å²) in [5.74, 6) is 0.839. The summed E-state index contributed by atoms with van der Waals surface area (Å²) in [5.41, 5.74) is 0.645. The normalized spacial score (nSPS) is 10.9. The first-order valence-electron chi connectivity index (χ1n) is 5.48. The van der Waals surface area contributed by atoms with Crippen molar-refractivity contribution in [3.63, 3.8) is 0 Å². The monoisotopic (exact) mass is 261 g/mol. The van der Waals surface area contributed by atoms with E-state index in [1.54, 1.807) is 11.3 Å². The Kier molecular flexibility index (Phi) is 2.85. The molecule has 3 rings (SSSR count). The molecule has 0 aromatic carbocycles. The zero-order valence-corrected chi connectivity index (χ0v) is 10.6. The Morgan fingerprint density at radius 2 is 2.33 bits per heavy atom. The molecule has 8 heteroatoms. The number of thiazole rings is 1. The zero-order valence-electron chi connectivity index (χ0n) is 9.76. The van der Waals surface area contributed by atoms with E-state index in [-0.39, 0.29) is 0 Å². The Balaban J connectivity index is 1.72. The van der Waals surface area contributed by atoms with Crippen LogP contribution in [0.5, 0.6) is 0 Å². The second kappa shape index (κ2) is 4.65. The first-order chi connectivity index (χ1) is 8.83. The number of hydrogen-bond acceptors (Lipinski definition) is 7. The van der Waals surface area contributed by atoms with Crippen LogP contribution in [0.4, 0.5) is 5.82 Å². The highest BCUT2D eigenvalue weighted by atomic mass is 32.1. The molecular formula is C10H11N7S. The first kappa shape index (κ1) is 11.0. The van der Waals surface area contributed by atoms with Gasteiger partial charge in [-0.1, -0.05) is 0 Å². The summed E-state index contributed by atoms with van der Waals surface area (Å²) in [6.45, 7) is 0.855. The van der Waals surface area contributed by atoms with Gasteiger partial charge in [0.1, 0.15) is 0 Å². The van der Waals surface area contributed by atoms with E-state index in [2.05, 4.69) is 30.5 Å². The Bertz CT molecular complexity index is 633. The zero-order chi connectivity index (χ0) is 12.4. The van der Waals surface area contributed by atoms with Gasteiger partial charge in [0.15, 0.2) is 11.5 Å². The van der Waals surface area contributed by atoms with Gasteiger partial charge >= 0.3 is 0 Å². The lowest BCUT2D eigenvalue weighted by Crippen LogP contribution is -2.22. The van der Waals surface area contributed by atoms with Crippen molar-refractivity contribution >= 4 is 22.8 Å². The number of rotatable bonds is 4. The predicted molar refractivity (Wildman–Crippen MR) is 67.7 cm³/mol.